The minimum Gasteiger partial charge on any atom is -0.460 e. The van der Waals surface area contributed by atoms with Gasteiger partial charge >= 0.3 is 5.97 Å². The van der Waals surface area contributed by atoms with Gasteiger partial charge in [0, 0.05) is 51.8 Å². The van der Waals surface area contributed by atoms with E-state index in [-0.39, 0.29) is 55.9 Å². The molecule has 0 saturated carbocycles. The summed E-state index contributed by atoms with van der Waals surface area (Å²) < 4.78 is 53.3. The van der Waals surface area contributed by atoms with E-state index in [1.54, 1.807) is 50.1 Å². The molecule has 318 valence electrons. The lowest BCUT2D eigenvalue weighted by Crippen LogP contribution is -2.60. The van der Waals surface area contributed by atoms with Crippen LogP contribution in [0.3, 0.4) is 0 Å². The molecule has 1 aromatic carbocycles. The van der Waals surface area contributed by atoms with E-state index >= 15 is 0 Å². The Morgan fingerprint density at radius 1 is 1.02 bits per heavy atom. The SMILES string of the molecule is CCCN1C[C@H](C)C[C@@](C)(OC)[C@H](O[C@@H]2O[C@H](C)C[C@H](N(C)C)[C@H]2O)[C@@H](C)C(=O)C(C)(C)C(=O)O[C@@H](C)[C@@H]1C(=O)N1CCN(S(=O)(=O)Cc2ccccc2)CC1. The average molecular weight is 809 g/mol. The second-order valence-corrected chi connectivity index (χ2v) is 19.2. The van der Waals surface area contributed by atoms with E-state index in [1.807, 2.05) is 50.7 Å². The molecule has 3 heterocycles. The zero-order valence-corrected chi connectivity index (χ0v) is 36.3. The summed E-state index contributed by atoms with van der Waals surface area (Å²) in [5.74, 6) is -2.59. The van der Waals surface area contributed by atoms with Crippen LogP contribution in [0.25, 0.3) is 0 Å². The van der Waals surface area contributed by atoms with Crippen molar-refractivity contribution >= 4 is 27.7 Å². The van der Waals surface area contributed by atoms with Crippen molar-refractivity contribution in [3.05, 3.63) is 35.9 Å². The first-order valence-electron chi connectivity index (χ1n) is 20.2. The molecular formula is C41H68N4O10S. The van der Waals surface area contributed by atoms with Gasteiger partial charge in [-0.2, -0.15) is 4.31 Å². The molecule has 56 heavy (non-hydrogen) atoms. The molecule has 1 aromatic rings. The number of aliphatic hydroxyl groups is 1. The summed E-state index contributed by atoms with van der Waals surface area (Å²) in [7, 11) is 1.74. The number of hydrogen-bond donors (Lipinski definition) is 1. The van der Waals surface area contributed by atoms with Crippen molar-refractivity contribution in [1.29, 1.82) is 0 Å². The first-order chi connectivity index (χ1) is 26.2. The molecule has 0 aromatic heterocycles. The highest BCUT2D eigenvalue weighted by atomic mass is 32.2. The maximum atomic E-state index is 14.6. The van der Waals surface area contributed by atoms with Crippen LogP contribution >= 0.6 is 0 Å². The Bertz CT molecular complexity index is 1590. The van der Waals surface area contributed by atoms with Gasteiger partial charge in [0.1, 0.15) is 23.7 Å². The number of piperazine rings is 1. The fourth-order valence-corrected chi connectivity index (χ4v) is 10.3. The number of benzene rings is 1. The van der Waals surface area contributed by atoms with Crippen LogP contribution in [0.2, 0.25) is 0 Å². The number of aliphatic hydroxyl groups excluding tert-OH is 1. The summed E-state index contributed by atoms with van der Waals surface area (Å²) in [6.45, 7) is 15.9. The molecule has 3 aliphatic rings. The smallest absolute Gasteiger partial charge is 0.319 e. The molecule has 4 rings (SSSR count). The summed E-state index contributed by atoms with van der Waals surface area (Å²) in [4.78, 5) is 48.9. The molecule has 0 spiro atoms. The number of esters is 1. The molecule has 3 aliphatic heterocycles. The average Bonchev–Trinajstić information content (AvgIpc) is 3.14. The first kappa shape index (κ1) is 46.2. The Morgan fingerprint density at radius 2 is 1.64 bits per heavy atom. The van der Waals surface area contributed by atoms with Crippen molar-refractivity contribution in [3.8, 4) is 0 Å². The number of carbonyl (C=O) groups excluding carboxylic acids is 3. The molecule has 1 N–H and O–H groups in total. The van der Waals surface area contributed by atoms with Crippen molar-refractivity contribution in [2.75, 3.05) is 60.5 Å². The molecule has 0 radical (unpaired) electrons. The second-order valence-electron chi connectivity index (χ2n) is 17.2. The number of ketones is 1. The third-order valence-electron chi connectivity index (χ3n) is 11.9. The lowest BCUT2D eigenvalue weighted by atomic mass is 9.74. The molecule has 15 heteroatoms. The van der Waals surface area contributed by atoms with Gasteiger partial charge in [-0.3, -0.25) is 19.3 Å². The Balaban J connectivity index is 1.65. The van der Waals surface area contributed by atoms with Crippen LogP contribution in [0.4, 0.5) is 0 Å². The molecule has 14 nitrogen and oxygen atoms in total. The number of carbonyl (C=O) groups is 3. The van der Waals surface area contributed by atoms with Crippen molar-refractivity contribution in [2.45, 2.75) is 129 Å². The van der Waals surface area contributed by atoms with E-state index in [4.69, 9.17) is 18.9 Å². The largest absolute Gasteiger partial charge is 0.460 e. The number of rotatable bonds is 10. The highest BCUT2D eigenvalue weighted by Crippen LogP contribution is 2.39. The van der Waals surface area contributed by atoms with E-state index < -0.39 is 69.4 Å². The standard InChI is InChI=1S/C41H68N4O10S/c1-12-18-44-25-27(2)24-41(8,52-11)36(55-38-34(46)32(42(9)10)23-28(3)53-38)29(4)35(47)40(6,7)39(49)54-30(5)33(44)37(48)43-19-21-45(22-20-43)56(50,51)26-31-16-14-13-15-17-31/h13-17,27-30,32-34,36,38,46H,12,18-26H2,1-11H3/t27-,28-,29+,30+,32+,33-,34-,36-,38+,41-/m1/s1. The number of amides is 1. The van der Waals surface area contributed by atoms with Gasteiger partial charge in [-0.1, -0.05) is 51.1 Å². The molecule has 1 amide bonds. The Hall–Kier alpha value is -2.50. The van der Waals surface area contributed by atoms with Gasteiger partial charge in [0.15, 0.2) is 12.1 Å². The van der Waals surface area contributed by atoms with Crippen molar-refractivity contribution < 1.29 is 46.9 Å². The molecule has 0 aliphatic carbocycles. The van der Waals surface area contributed by atoms with Gasteiger partial charge in [-0.25, -0.2) is 8.42 Å². The number of sulfonamides is 1. The van der Waals surface area contributed by atoms with E-state index in [1.165, 1.54) is 18.2 Å². The monoisotopic (exact) mass is 808 g/mol. The number of Topliss-reactive ketones (excluding diaryl/α,β-unsaturated/α-hetero) is 1. The third kappa shape index (κ3) is 10.6. The van der Waals surface area contributed by atoms with Crippen LogP contribution in [0.15, 0.2) is 30.3 Å². The van der Waals surface area contributed by atoms with E-state index in [0.29, 0.717) is 37.9 Å². The van der Waals surface area contributed by atoms with Crippen LogP contribution in [0.1, 0.15) is 80.2 Å². The zero-order chi connectivity index (χ0) is 41.7. The van der Waals surface area contributed by atoms with Crippen LogP contribution in [0, 0.1) is 17.3 Å². The number of ether oxygens (including phenoxy) is 4. The quantitative estimate of drug-likeness (QED) is 0.273. The number of nitrogens with zero attached hydrogens (tertiary/aromatic N) is 4. The van der Waals surface area contributed by atoms with Crippen LogP contribution < -0.4 is 0 Å². The number of likely N-dealkylation sites (N-methyl/N-ethyl adjacent to an activating group) is 1. The fraction of sp³-hybridized carbons (Fsp3) is 0.780. The maximum Gasteiger partial charge on any atom is 0.319 e. The highest BCUT2D eigenvalue weighted by Gasteiger charge is 2.52. The van der Waals surface area contributed by atoms with Crippen molar-refractivity contribution in [2.24, 2.45) is 17.3 Å². The number of hydrogen-bond acceptors (Lipinski definition) is 12. The number of methoxy groups -OCH3 is 1. The lowest BCUT2D eigenvalue weighted by molar-refractivity contribution is -0.295. The normalized spacial score (nSPS) is 34.7. The molecule has 3 saturated heterocycles. The van der Waals surface area contributed by atoms with Crippen molar-refractivity contribution in [3.63, 3.8) is 0 Å². The Kier molecular flexibility index (Phi) is 15.7. The van der Waals surface area contributed by atoms with Crippen LogP contribution in [-0.4, -0.2) is 159 Å². The van der Waals surface area contributed by atoms with Gasteiger partial charge in [0.25, 0.3) is 0 Å². The third-order valence-corrected chi connectivity index (χ3v) is 13.8. The zero-order valence-electron chi connectivity index (χ0n) is 35.5. The van der Waals surface area contributed by atoms with Crippen LogP contribution in [-0.2, 0) is 49.1 Å². The number of cyclic esters (lactones) is 1. The van der Waals surface area contributed by atoms with Crippen LogP contribution in [0.5, 0.6) is 0 Å². The Labute approximate surface area is 335 Å². The predicted octanol–water partition coefficient (Wildman–Crippen LogP) is 3.16. The summed E-state index contributed by atoms with van der Waals surface area (Å²) in [6.07, 6.45) is -2.46. The molecular weight excluding hydrogens is 741 g/mol. The van der Waals surface area contributed by atoms with Gasteiger partial charge in [-0.05, 0) is 86.0 Å². The topological polar surface area (TPSA) is 155 Å². The van der Waals surface area contributed by atoms with E-state index in [2.05, 4.69) is 6.92 Å². The lowest BCUT2D eigenvalue weighted by Gasteiger charge is -2.47. The summed E-state index contributed by atoms with van der Waals surface area (Å²) in [5.41, 5.74) is -2.04. The van der Waals surface area contributed by atoms with E-state index in [0.717, 1.165) is 0 Å². The van der Waals surface area contributed by atoms with E-state index in [9.17, 15) is 27.9 Å². The summed E-state index contributed by atoms with van der Waals surface area (Å²) in [5, 5.41) is 11.4. The van der Waals surface area contributed by atoms with Gasteiger partial charge in [0.2, 0.25) is 15.9 Å². The molecule has 0 unspecified atom stereocenters. The summed E-state index contributed by atoms with van der Waals surface area (Å²) >= 11 is 0. The molecule has 0 bridgehead atoms. The fourth-order valence-electron chi connectivity index (χ4n) is 8.79. The van der Waals surface area contributed by atoms with Crippen molar-refractivity contribution in [1.82, 2.24) is 19.0 Å². The maximum absolute atomic E-state index is 14.6. The highest BCUT2D eigenvalue weighted by molar-refractivity contribution is 7.88. The first-order valence-corrected chi connectivity index (χ1v) is 21.8. The second kappa shape index (κ2) is 19.0. The molecule has 10 atom stereocenters. The minimum absolute atomic E-state index is 0.113. The predicted molar refractivity (Wildman–Crippen MR) is 213 cm³/mol. The van der Waals surface area contributed by atoms with Gasteiger partial charge < -0.3 is 33.9 Å². The van der Waals surface area contributed by atoms with Gasteiger partial charge in [-0.15, -0.1) is 0 Å². The van der Waals surface area contributed by atoms with Gasteiger partial charge in [0.05, 0.1) is 23.6 Å². The minimum atomic E-state index is -3.61. The Morgan fingerprint density at radius 3 is 2.21 bits per heavy atom. The molecule has 3 fully saturated rings. The summed E-state index contributed by atoms with van der Waals surface area (Å²) in [6, 6.07) is 7.87.